The van der Waals surface area contributed by atoms with E-state index in [2.05, 4.69) is 0 Å². The van der Waals surface area contributed by atoms with Crippen molar-refractivity contribution in [3.8, 4) is 5.69 Å². The molecule has 0 unspecified atom stereocenters. The quantitative estimate of drug-likeness (QED) is 0.435. The lowest BCUT2D eigenvalue weighted by Crippen LogP contribution is -2.39. The highest BCUT2D eigenvalue weighted by Gasteiger charge is 2.23. The lowest BCUT2D eigenvalue weighted by Gasteiger charge is -2.09. The fraction of sp³-hybridized carbons (Fsp3) is 0.160. The lowest BCUT2D eigenvalue weighted by atomic mass is 10.2. The number of fused-ring (bicyclic) bond motifs is 3. The van der Waals surface area contributed by atoms with E-state index in [1.165, 1.54) is 9.13 Å². The first-order valence-corrected chi connectivity index (χ1v) is 10.7. The average Bonchev–Trinajstić information content (AvgIpc) is 3.31. The average molecular weight is 441 g/mol. The molecule has 0 spiro atoms. The third kappa shape index (κ3) is 3.10. The van der Waals surface area contributed by atoms with Gasteiger partial charge in [-0.3, -0.25) is 22.9 Å². The highest BCUT2D eigenvalue weighted by molar-refractivity contribution is 5.78. The van der Waals surface area contributed by atoms with Gasteiger partial charge in [0.1, 0.15) is 0 Å². The number of hydrogen-bond donors (Lipinski definition) is 1. The first-order valence-electron chi connectivity index (χ1n) is 10.7. The van der Waals surface area contributed by atoms with Gasteiger partial charge in [-0.2, -0.15) is 4.98 Å². The van der Waals surface area contributed by atoms with Crippen LogP contribution in [0.5, 0.6) is 0 Å². The molecule has 3 aromatic heterocycles. The number of nitrogens with two attached hydrogens (primary N) is 1. The van der Waals surface area contributed by atoms with Crippen molar-refractivity contribution in [2.75, 3.05) is 5.73 Å². The van der Waals surface area contributed by atoms with Crippen molar-refractivity contribution in [2.24, 2.45) is 7.05 Å². The minimum absolute atomic E-state index is 0.161. The van der Waals surface area contributed by atoms with Crippen LogP contribution in [0.2, 0.25) is 0 Å². The summed E-state index contributed by atoms with van der Waals surface area (Å²) in [4.78, 5) is 31.2. The molecule has 0 radical (unpaired) electrons. The van der Waals surface area contributed by atoms with Gasteiger partial charge in [0.25, 0.3) is 5.56 Å². The second kappa shape index (κ2) is 7.67. The SMILES string of the molecule is Cc1c(C)n2c3c(=O)n(CC=Cc4ccccc4)c(=O)n(C)c3nc2n1-c1ccccc1N. The maximum Gasteiger partial charge on any atom is 0.332 e. The maximum absolute atomic E-state index is 13.5. The van der Waals surface area contributed by atoms with Crippen molar-refractivity contribution in [1.82, 2.24) is 23.1 Å². The van der Waals surface area contributed by atoms with Gasteiger partial charge in [-0.05, 0) is 31.5 Å². The number of rotatable bonds is 4. The molecular formula is C25H24N6O2. The van der Waals surface area contributed by atoms with Crippen LogP contribution in [0.25, 0.3) is 28.7 Å². The molecule has 8 nitrogen and oxygen atoms in total. The van der Waals surface area contributed by atoms with E-state index in [0.29, 0.717) is 22.6 Å². The summed E-state index contributed by atoms with van der Waals surface area (Å²) < 4.78 is 6.40. The van der Waals surface area contributed by atoms with Gasteiger partial charge in [0.15, 0.2) is 11.2 Å². The number of nitrogens with zero attached hydrogens (tertiary/aromatic N) is 5. The van der Waals surface area contributed by atoms with Crippen molar-refractivity contribution in [3.63, 3.8) is 0 Å². The maximum atomic E-state index is 13.5. The van der Waals surface area contributed by atoms with Crippen molar-refractivity contribution in [2.45, 2.75) is 20.4 Å². The molecule has 5 rings (SSSR count). The first kappa shape index (κ1) is 20.6. The van der Waals surface area contributed by atoms with E-state index in [1.807, 2.05) is 89.6 Å². The number of para-hydroxylation sites is 2. The fourth-order valence-electron chi connectivity index (χ4n) is 4.25. The molecule has 0 aliphatic rings. The van der Waals surface area contributed by atoms with E-state index < -0.39 is 5.69 Å². The molecule has 0 bridgehead atoms. The Labute approximate surface area is 189 Å². The number of nitrogen functional groups attached to an aromatic ring is 1. The van der Waals surface area contributed by atoms with Crippen molar-refractivity contribution >= 4 is 28.7 Å². The minimum atomic E-state index is -0.411. The van der Waals surface area contributed by atoms with Crippen LogP contribution in [-0.2, 0) is 13.6 Å². The molecule has 2 aromatic carbocycles. The van der Waals surface area contributed by atoms with Gasteiger partial charge in [0.2, 0.25) is 5.78 Å². The Morgan fingerprint density at radius 2 is 1.67 bits per heavy atom. The van der Waals surface area contributed by atoms with E-state index in [9.17, 15) is 9.59 Å². The zero-order valence-electron chi connectivity index (χ0n) is 18.7. The van der Waals surface area contributed by atoms with Gasteiger partial charge >= 0.3 is 5.69 Å². The topological polar surface area (TPSA) is 92.2 Å². The molecule has 0 aliphatic heterocycles. The van der Waals surface area contributed by atoms with Crippen LogP contribution in [-0.4, -0.2) is 23.1 Å². The van der Waals surface area contributed by atoms with Crippen LogP contribution < -0.4 is 17.0 Å². The predicted octanol–water partition coefficient (Wildman–Crippen LogP) is 3.05. The van der Waals surface area contributed by atoms with Crippen LogP contribution in [0.15, 0.2) is 70.3 Å². The van der Waals surface area contributed by atoms with E-state index in [4.69, 9.17) is 10.7 Å². The number of hydrogen-bond acceptors (Lipinski definition) is 4. The van der Waals surface area contributed by atoms with Gasteiger partial charge in [0, 0.05) is 25.0 Å². The van der Waals surface area contributed by atoms with Gasteiger partial charge in [-0.1, -0.05) is 54.6 Å². The molecule has 0 fully saturated rings. The highest BCUT2D eigenvalue weighted by Crippen LogP contribution is 2.27. The van der Waals surface area contributed by atoms with E-state index in [1.54, 1.807) is 7.05 Å². The standard InChI is InChI=1S/C25H24N6O2/c1-16-17(2)31-21-22(27-24(31)30(16)20-14-8-7-13-19(20)26)28(3)25(33)29(23(21)32)15-9-12-18-10-5-4-6-11-18/h4-14H,15,26H2,1-3H3. The first-order chi connectivity index (χ1) is 15.9. The molecular weight excluding hydrogens is 416 g/mol. The van der Waals surface area contributed by atoms with Crippen molar-refractivity contribution in [3.05, 3.63) is 98.5 Å². The van der Waals surface area contributed by atoms with Crippen LogP contribution in [0.3, 0.4) is 0 Å². The molecule has 8 heteroatoms. The summed E-state index contributed by atoms with van der Waals surface area (Å²) in [7, 11) is 1.64. The summed E-state index contributed by atoms with van der Waals surface area (Å²) in [6.45, 7) is 4.06. The van der Waals surface area contributed by atoms with Crippen molar-refractivity contribution < 1.29 is 0 Å². The number of aromatic nitrogens is 5. The second-order valence-electron chi connectivity index (χ2n) is 8.05. The lowest BCUT2D eigenvalue weighted by molar-refractivity contribution is 0.667. The van der Waals surface area contributed by atoms with Crippen LogP contribution in [0, 0.1) is 13.8 Å². The molecule has 0 saturated carbocycles. The predicted molar refractivity (Wildman–Crippen MR) is 131 cm³/mol. The third-order valence-corrected chi connectivity index (χ3v) is 6.09. The van der Waals surface area contributed by atoms with Crippen LogP contribution in [0.1, 0.15) is 17.0 Å². The number of imidazole rings is 2. The Hall–Kier alpha value is -4.33. The molecule has 166 valence electrons. The Kier molecular flexibility index (Phi) is 4.78. The Balaban J connectivity index is 1.75. The molecule has 0 amide bonds. The molecule has 0 aliphatic carbocycles. The summed E-state index contributed by atoms with van der Waals surface area (Å²) in [6.07, 6.45) is 3.71. The Morgan fingerprint density at radius 1 is 0.970 bits per heavy atom. The summed E-state index contributed by atoms with van der Waals surface area (Å²) >= 11 is 0. The summed E-state index contributed by atoms with van der Waals surface area (Å²) in [6, 6.07) is 17.3. The second-order valence-corrected chi connectivity index (χ2v) is 8.05. The van der Waals surface area contributed by atoms with E-state index in [0.717, 1.165) is 22.6 Å². The van der Waals surface area contributed by atoms with Crippen molar-refractivity contribution in [1.29, 1.82) is 0 Å². The molecule has 3 heterocycles. The molecule has 0 atom stereocenters. The Morgan fingerprint density at radius 3 is 2.39 bits per heavy atom. The normalized spacial score (nSPS) is 11.8. The summed E-state index contributed by atoms with van der Waals surface area (Å²) in [5.74, 6) is 0.544. The highest BCUT2D eigenvalue weighted by atomic mass is 16.2. The number of anilines is 1. The molecule has 2 N–H and O–H groups in total. The monoisotopic (exact) mass is 440 g/mol. The van der Waals surface area contributed by atoms with Gasteiger partial charge < -0.3 is 5.73 Å². The number of benzene rings is 2. The molecule has 33 heavy (non-hydrogen) atoms. The fourth-order valence-corrected chi connectivity index (χ4v) is 4.25. The van der Waals surface area contributed by atoms with E-state index in [-0.39, 0.29) is 12.1 Å². The largest absolute Gasteiger partial charge is 0.397 e. The van der Waals surface area contributed by atoms with Crippen LogP contribution >= 0.6 is 0 Å². The smallest absolute Gasteiger partial charge is 0.332 e. The molecule has 0 saturated heterocycles. The zero-order chi connectivity index (χ0) is 23.3. The van der Waals surface area contributed by atoms with Gasteiger partial charge in [0.05, 0.1) is 11.4 Å². The number of aryl methyl sites for hydroxylation is 2. The van der Waals surface area contributed by atoms with Gasteiger partial charge in [-0.25, -0.2) is 4.79 Å². The Bertz CT molecular complexity index is 1670. The minimum Gasteiger partial charge on any atom is -0.397 e. The molecule has 5 aromatic rings. The number of allylic oxidation sites excluding steroid dienone is 1. The zero-order valence-corrected chi connectivity index (χ0v) is 18.7. The summed E-state index contributed by atoms with van der Waals surface area (Å²) in [5, 5.41) is 0. The van der Waals surface area contributed by atoms with E-state index >= 15 is 0 Å². The van der Waals surface area contributed by atoms with Gasteiger partial charge in [-0.15, -0.1) is 0 Å². The third-order valence-electron chi connectivity index (χ3n) is 6.09. The summed E-state index contributed by atoms with van der Waals surface area (Å²) in [5.41, 5.74) is 10.3. The van der Waals surface area contributed by atoms with Crippen LogP contribution in [0.4, 0.5) is 5.69 Å².